The Morgan fingerprint density at radius 3 is 2.16 bits per heavy atom. The first-order chi connectivity index (χ1) is 8.74. The smallest absolute Gasteiger partial charge is 0.233 e. The van der Waals surface area contributed by atoms with Crippen molar-refractivity contribution in [1.82, 2.24) is 5.32 Å². The average molecular weight is 284 g/mol. The molecule has 0 spiro atoms. The molecule has 1 aromatic carbocycles. The molecule has 0 fully saturated rings. The minimum atomic E-state index is -3.27. The third-order valence-corrected chi connectivity index (χ3v) is 4.11. The molecule has 108 valence electrons. The minimum absolute atomic E-state index is 0.0719. The van der Waals surface area contributed by atoms with Gasteiger partial charge in [-0.05, 0) is 29.7 Å². The summed E-state index contributed by atoms with van der Waals surface area (Å²) in [4.78, 5) is 0. The Morgan fingerprint density at radius 1 is 1.11 bits per heavy atom. The molecule has 0 unspecified atom stereocenters. The van der Waals surface area contributed by atoms with Crippen LogP contribution in [0.5, 0.6) is 0 Å². The van der Waals surface area contributed by atoms with Crippen molar-refractivity contribution in [1.29, 1.82) is 0 Å². The van der Waals surface area contributed by atoms with Crippen molar-refractivity contribution in [3.63, 3.8) is 0 Å². The zero-order chi connectivity index (χ0) is 14.5. The van der Waals surface area contributed by atoms with Crippen molar-refractivity contribution in [3.05, 3.63) is 29.8 Å². The Hall–Kier alpha value is -1.07. The average Bonchev–Trinajstić information content (AvgIpc) is 2.28. The number of sulfonamides is 1. The second-order valence-corrected chi connectivity index (χ2v) is 7.44. The molecule has 0 aliphatic rings. The van der Waals surface area contributed by atoms with Crippen LogP contribution in [0.4, 0.5) is 5.69 Å². The van der Waals surface area contributed by atoms with Gasteiger partial charge in [0.25, 0.3) is 0 Å². The highest BCUT2D eigenvalue weighted by atomic mass is 32.2. The normalized spacial score (nSPS) is 12.4. The lowest BCUT2D eigenvalue weighted by atomic mass is 9.87. The highest BCUT2D eigenvalue weighted by molar-refractivity contribution is 7.92. The second-order valence-electron chi connectivity index (χ2n) is 5.60. The lowest BCUT2D eigenvalue weighted by Crippen LogP contribution is -2.26. The van der Waals surface area contributed by atoms with Crippen LogP contribution in [0.15, 0.2) is 24.3 Å². The van der Waals surface area contributed by atoms with E-state index in [4.69, 9.17) is 0 Å². The van der Waals surface area contributed by atoms with Crippen LogP contribution in [-0.2, 0) is 15.4 Å². The maximum absolute atomic E-state index is 11.8. The summed E-state index contributed by atoms with van der Waals surface area (Å²) >= 11 is 0. The summed E-state index contributed by atoms with van der Waals surface area (Å²) in [5, 5.41) is 3.00. The first-order valence-electron chi connectivity index (χ1n) is 6.56. The standard InChI is InChI=1S/C14H24N2O2S/c1-5-15-10-11-19(17,18)16-13-8-6-12(7-9-13)14(2,3)4/h6-9,15-16H,5,10-11H2,1-4H3. The molecule has 19 heavy (non-hydrogen) atoms. The van der Waals surface area contributed by atoms with Crippen LogP contribution in [0.2, 0.25) is 0 Å². The summed E-state index contributed by atoms with van der Waals surface area (Å²) in [5.74, 6) is 0.0852. The van der Waals surface area contributed by atoms with Gasteiger partial charge in [-0.25, -0.2) is 8.42 Å². The molecule has 1 rings (SSSR count). The van der Waals surface area contributed by atoms with Gasteiger partial charge >= 0.3 is 0 Å². The summed E-state index contributed by atoms with van der Waals surface area (Å²) in [5.41, 5.74) is 1.87. The molecule has 0 saturated carbocycles. The van der Waals surface area contributed by atoms with Gasteiger partial charge in [-0.1, -0.05) is 39.8 Å². The van der Waals surface area contributed by atoms with Gasteiger partial charge in [0.15, 0.2) is 0 Å². The van der Waals surface area contributed by atoms with Gasteiger partial charge < -0.3 is 5.32 Å². The van der Waals surface area contributed by atoms with Crippen molar-refractivity contribution >= 4 is 15.7 Å². The van der Waals surface area contributed by atoms with Crippen LogP contribution in [0.1, 0.15) is 33.3 Å². The molecule has 0 bridgehead atoms. The molecule has 2 N–H and O–H groups in total. The molecule has 0 atom stereocenters. The van der Waals surface area contributed by atoms with E-state index in [0.717, 1.165) is 6.54 Å². The molecule has 4 nitrogen and oxygen atoms in total. The molecule has 0 saturated heterocycles. The lowest BCUT2D eigenvalue weighted by molar-refractivity contribution is 0.590. The highest BCUT2D eigenvalue weighted by Gasteiger charge is 2.14. The van der Waals surface area contributed by atoms with Gasteiger partial charge in [-0.3, -0.25) is 4.72 Å². The Labute approximate surface area is 116 Å². The van der Waals surface area contributed by atoms with Crippen molar-refractivity contribution in [3.8, 4) is 0 Å². The van der Waals surface area contributed by atoms with Crippen LogP contribution in [0.3, 0.4) is 0 Å². The van der Waals surface area contributed by atoms with E-state index in [0.29, 0.717) is 12.2 Å². The molecule has 0 aliphatic carbocycles. The Balaban J connectivity index is 2.67. The first kappa shape index (κ1) is 16.0. The van der Waals surface area contributed by atoms with Crippen molar-refractivity contribution in [2.24, 2.45) is 0 Å². The monoisotopic (exact) mass is 284 g/mol. The Kier molecular flexibility index (Phi) is 5.38. The van der Waals surface area contributed by atoms with Crippen LogP contribution in [0, 0.1) is 0 Å². The highest BCUT2D eigenvalue weighted by Crippen LogP contribution is 2.23. The van der Waals surface area contributed by atoms with Crippen LogP contribution < -0.4 is 10.0 Å². The van der Waals surface area contributed by atoms with E-state index < -0.39 is 10.0 Å². The van der Waals surface area contributed by atoms with Gasteiger partial charge in [-0.15, -0.1) is 0 Å². The second kappa shape index (κ2) is 6.39. The Morgan fingerprint density at radius 2 is 1.68 bits per heavy atom. The number of hydrogen-bond donors (Lipinski definition) is 2. The molecule has 0 aromatic heterocycles. The van der Waals surface area contributed by atoms with E-state index in [2.05, 4.69) is 30.8 Å². The zero-order valence-electron chi connectivity index (χ0n) is 12.2. The van der Waals surface area contributed by atoms with Gasteiger partial charge in [-0.2, -0.15) is 0 Å². The number of benzene rings is 1. The molecule has 0 aliphatic heterocycles. The van der Waals surface area contributed by atoms with E-state index in [-0.39, 0.29) is 11.2 Å². The molecule has 0 heterocycles. The van der Waals surface area contributed by atoms with Crippen LogP contribution in [-0.4, -0.2) is 27.3 Å². The van der Waals surface area contributed by atoms with Crippen LogP contribution in [0.25, 0.3) is 0 Å². The van der Waals surface area contributed by atoms with Crippen LogP contribution >= 0.6 is 0 Å². The van der Waals surface area contributed by atoms with Gasteiger partial charge in [0, 0.05) is 12.2 Å². The van der Waals surface area contributed by atoms with Crippen molar-refractivity contribution < 1.29 is 8.42 Å². The van der Waals surface area contributed by atoms with Crippen molar-refractivity contribution in [2.75, 3.05) is 23.6 Å². The molecular weight excluding hydrogens is 260 g/mol. The van der Waals surface area contributed by atoms with E-state index in [9.17, 15) is 8.42 Å². The topological polar surface area (TPSA) is 58.2 Å². The number of anilines is 1. The number of rotatable bonds is 6. The van der Waals surface area contributed by atoms with E-state index in [1.807, 2.05) is 31.2 Å². The predicted octanol–water partition coefficient (Wildman–Crippen LogP) is 2.34. The van der Waals surface area contributed by atoms with E-state index in [1.165, 1.54) is 5.56 Å². The molecule has 0 amide bonds. The number of hydrogen-bond acceptors (Lipinski definition) is 3. The summed E-state index contributed by atoms with van der Waals surface area (Å²) in [6.45, 7) is 9.57. The molecular formula is C14H24N2O2S. The third-order valence-electron chi connectivity index (χ3n) is 2.82. The molecule has 5 heteroatoms. The van der Waals surface area contributed by atoms with Gasteiger partial charge in [0.2, 0.25) is 10.0 Å². The lowest BCUT2D eigenvalue weighted by Gasteiger charge is -2.19. The summed E-state index contributed by atoms with van der Waals surface area (Å²) in [6, 6.07) is 7.54. The van der Waals surface area contributed by atoms with Crippen molar-refractivity contribution in [2.45, 2.75) is 33.1 Å². The summed E-state index contributed by atoms with van der Waals surface area (Å²) in [6.07, 6.45) is 0. The van der Waals surface area contributed by atoms with Gasteiger partial charge in [0.1, 0.15) is 0 Å². The fourth-order valence-corrected chi connectivity index (χ4v) is 2.66. The summed E-state index contributed by atoms with van der Waals surface area (Å²) < 4.78 is 26.2. The quantitative estimate of drug-likeness (QED) is 0.788. The van der Waals surface area contributed by atoms with E-state index in [1.54, 1.807) is 0 Å². The Bertz CT molecular complexity index is 487. The summed E-state index contributed by atoms with van der Waals surface area (Å²) in [7, 11) is -3.27. The SMILES string of the molecule is CCNCCS(=O)(=O)Nc1ccc(C(C)(C)C)cc1. The molecule has 1 aromatic rings. The van der Waals surface area contributed by atoms with E-state index >= 15 is 0 Å². The maximum Gasteiger partial charge on any atom is 0.233 e. The fourth-order valence-electron chi connectivity index (χ4n) is 1.65. The third kappa shape index (κ3) is 5.61. The minimum Gasteiger partial charge on any atom is -0.316 e. The predicted molar refractivity (Wildman–Crippen MR) is 81.1 cm³/mol. The maximum atomic E-state index is 11.8. The zero-order valence-corrected chi connectivity index (χ0v) is 13.0. The fraction of sp³-hybridized carbons (Fsp3) is 0.571. The molecule has 0 radical (unpaired) electrons. The first-order valence-corrected chi connectivity index (χ1v) is 8.21. The number of nitrogens with one attached hydrogen (secondary N) is 2. The van der Waals surface area contributed by atoms with Gasteiger partial charge in [0.05, 0.1) is 5.75 Å². The largest absolute Gasteiger partial charge is 0.316 e.